The van der Waals surface area contributed by atoms with Gasteiger partial charge in [-0.05, 0) is 42.5 Å². The lowest BCUT2D eigenvalue weighted by Gasteiger charge is -2.31. The number of carbonyl (C=O) groups excluding carboxylic acids is 1. The Bertz CT molecular complexity index is 822. The molecule has 0 aliphatic carbocycles. The van der Waals surface area contributed by atoms with E-state index in [0.29, 0.717) is 32.5 Å². The molecule has 0 saturated carbocycles. The van der Waals surface area contributed by atoms with Gasteiger partial charge in [0.15, 0.2) is 0 Å². The maximum Gasteiger partial charge on any atom is 0.417 e. The molecule has 1 amide bonds. The van der Waals surface area contributed by atoms with Crippen LogP contribution >= 0.6 is 15.9 Å². The third-order valence-electron chi connectivity index (χ3n) is 4.81. The number of halogens is 4. The van der Waals surface area contributed by atoms with Crippen molar-refractivity contribution in [3.8, 4) is 5.75 Å². The molecule has 0 aromatic heterocycles. The van der Waals surface area contributed by atoms with Crippen LogP contribution in [0.2, 0.25) is 0 Å². The minimum absolute atomic E-state index is 0.0142. The smallest absolute Gasteiger partial charge is 0.417 e. The summed E-state index contributed by atoms with van der Waals surface area (Å²) in [6, 6.07) is 13.3. The molecule has 0 bridgehead atoms. The van der Waals surface area contributed by atoms with E-state index in [-0.39, 0.29) is 28.8 Å². The topological polar surface area (TPSA) is 38.8 Å². The van der Waals surface area contributed by atoms with Crippen molar-refractivity contribution in [2.24, 2.45) is 5.92 Å². The van der Waals surface area contributed by atoms with Crippen LogP contribution < -0.4 is 4.74 Å². The zero-order chi connectivity index (χ0) is 20.9. The van der Waals surface area contributed by atoms with Gasteiger partial charge in [0.2, 0.25) is 0 Å². The van der Waals surface area contributed by atoms with Crippen LogP contribution in [0.4, 0.5) is 18.0 Å². The lowest BCUT2D eigenvalue weighted by Crippen LogP contribution is -2.39. The van der Waals surface area contributed by atoms with Crippen molar-refractivity contribution in [3.63, 3.8) is 0 Å². The van der Waals surface area contributed by atoms with Crippen LogP contribution in [0.25, 0.3) is 0 Å². The summed E-state index contributed by atoms with van der Waals surface area (Å²) in [6.07, 6.45) is -3.37. The molecule has 0 unspecified atom stereocenters. The fraction of sp³-hybridized carbons (Fsp3) is 0.381. The predicted molar refractivity (Wildman–Crippen MR) is 106 cm³/mol. The maximum atomic E-state index is 13.0. The normalized spacial score (nSPS) is 15.2. The van der Waals surface area contributed by atoms with E-state index >= 15 is 0 Å². The molecule has 1 fully saturated rings. The number of rotatable bonds is 5. The highest BCUT2D eigenvalue weighted by molar-refractivity contribution is 9.10. The van der Waals surface area contributed by atoms with Crippen LogP contribution in [0.1, 0.15) is 24.0 Å². The highest BCUT2D eigenvalue weighted by Gasteiger charge is 2.33. The Hall–Kier alpha value is -2.22. The third-order valence-corrected chi connectivity index (χ3v) is 5.50. The van der Waals surface area contributed by atoms with E-state index in [1.807, 2.05) is 30.3 Å². The van der Waals surface area contributed by atoms with Gasteiger partial charge in [-0.25, -0.2) is 4.79 Å². The molecule has 2 aromatic rings. The first kappa shape index (κ1) is 21.5. The number of likely N-dealkylation sites (tertiary alicyclic amines) is 1. The van der Waals surface area contributed by atoms with Gasteiger partial charge in [0.05, 0.1) is 12.2 Å². The Kier molecular flexibility index (Phi) is 7.05. The summed E-state index contributed by atoms with van der Waals surface area (Å²) in [5.41, 5.74) is 0.169. The van der Waals surface area contributed by atoms with Crippen molar-refractivity contribution in [1.82, 2.24) is 4.90 Å². The predicted octanol–water partition coefficient (Wildman–Crippen LogP) is 5.90. The molecule has 0 spiro atoms. The van der Waals surface area contributed by atoms with Gasteiger partial charge in [0, 0.05) is 17.6 Å². The van der Waals surface area contributed by atoms with Gasteiger partial charge in [-0.3, -0.25) is 0 Å². The lowest BCUT2D eigenvalue weighted by molar-refractivity contribution is -0.138. The van der Waals surface area contributed by atoms with E-state index in [1.54, 1.807) is 4.90 Å². The number of hydrogen-bond acceptors (Lipinski definition) is 3. The van der Waals surface area contributed by atoms with Crippen LogP contribution in [0.15, 0.2) is 53.0 Å². The van der Waals surface area contributed by atoms with E-state index < -0.39 is 11.7 Å². The van der Waals surface area contributed by atoms with E-state index in [0.717, 1.165) is 11.6 Å². The number of amides is 1. The molecule has 1 aliphatic rings. The third kappa shape index (κ3) is 6.13. The summed E-state index contributed by atoms with van der Waals surface area (Å²) in [5.74, 6) is 0.358. The SMILES string of the molecule is O=C(OCc1ccccc1)N1CCC(COc2ccc(Br)c(C(F)(F)F)c2)CC1. The number of carbonyl (C=O) groups is 1. The molecule has 0 radical (unpaired) electrons. The lowest BCUT2D eigenvalue weighted by atomic mass is 9.98. The second-order valence-corrected chi connectivity index (χ2v) is 7.78. The van der Waals surface area contributed by atoms with Gasteiger partial charge in [-0.2, -0.15) is 13.2 Å². The first-order valence-corrected chi connectivity index (χ1v) is 10.1. The molecule has 3 rings (SSSR count). The van der Waals surface area contributed by atoms with Crippen molar-refractivity contribution in [2.45, 2.75) is 25.6 Å². The summed E-state index contributed by atoms with van der Waals surface area (Å²) in [5, 5.41) is 0. The number of benzene rings is 2. The largest absolute Gasteiger partial charge is 0.493 e. The molecule has 4 nitrogen and oxygen atoms in total. The zero-order valence-corrected chi connectivity index (χ0v) is 17.2. The molecule has 8 heteroatoms. The second kappa shape index (κ2) is 9.52. The Morgan fingerprint density at radius 3 is 2.45 bits per heavy atom. The van der Waals surface area contributed by atoms with E-state index in [2.05, 4.69) is 15.9 Å². The summed E-state index contributed by atoms with van der Waals surface area (Å²) in [6.45, 7) is 1.62. The molecule has 156 valence electrons. The maximum absolute atomic E-state index is 13.0. The Morgan fingerprint density at radius 1 is 1.10 bits per heavy atom. The molecule has 0 atom stereocenters. The zero-order valence-electron chi connectivity index (χ0n) is 15.6. The second-order valence-electron chi connectivity index (χ2n) is 6.92. The number of alkyl halides is 3. The van der Waals surface area contributed by atoms with Gasteiger partial charge in [0.1, 0.15) is 12.4 Å². The summed E-state index contributed by atoms with van der Waals surface area (Å²) >= 11 is 2.92. The number of piperidine rings is 1. The van der Waals surface area contributed by atoms with Crippen molar-refractivity contribution in [2.75, 3.05) is 19.7 Å². The van der Waals surface area contributed by atoms with E-state index in [1.165, 1.54) is 12.1 Å². The average Bonchev–Trinajstić information content (AvgIpc) is 2.71. The molecule has 1 saturated heterocycles. The van der Waals surface area contributed by atoms with Crippen molar-refractivity contribution < 1.29 is 27.4 Å². The van der Waals surface area contributed by atoms with Crippen LogP contribution in [-0.4, -0.2) is 30.7 Å². The van der Waals surface area contributed by atoms with Crippen LogP contribution in [0, 0.1) is 5.92 Å². The number of ether oxygens (including phenoxy) is 2. The van der Waals surface area contributed by atoms with E-state index in [9.17, 15) is 18.0 Å². The average molecular weight is 472 g/mol. The fourth-order valence-corrected chi connectivity index (χ4v) is 3.59. The Labute approximate surface area is 175 Å². The molecule has 0 N–H and O–H groups in total. The molecule has 2 aromatic carbocycles. The highest BCUT2D eigenvalue weighted by Crippen LogP contribution is 2.37. The minimum Gasteiger partial charge on any atom is -0.493 e. The minimum atomic E-state index is -4.44. The first-order chi connectivity index (χ1) is 13.8. The standard InChI is InChI=1S/C21H21BrF3NO3/c22-19-7-6-17(12-18(19)21(23,24)25)28-13-16-8-10-26(11-9-16)20(27)29-14-15-4-2-1-3-5-15/h1-7,12,16H,8-11,13-14H2. The Morgan fingerprint density at radius 2 is 1.79 bits per heavy atom. The molecule has 29 heavy (non-hydrogen) atoms. The Balaban J connectivity index is 1.44. The molecule has 1 aliphatic heterocycles. The quantitative estimate of drug-likeness (QED) is 0.545. The van der Waals surface area contributed by atoms with Gasteiger partial charge in [-0.1, -0.05) is 46.3 Å². The molecule has 1 heterocycles. The van der Waals surface area contributed by atoms with Crippen molar-refractivity contribution in [1.29, 1.82) is 0 Å². The summed E-state index contributed by atoms with van der Waals surface area (Å²) in [4.78, 5) is 13.8. The van der Waals surface area contributed by atoms with Crippen molar-refractivity contribution >= 4 is 22.0 Å². The monoisotopic (exact) mass is 471 g/mol. The molecular formula is C21H21BrF3NO3. The number of hydrogen-bond donors (Lipinski definition) is 0. The highest BCUT2D eigenvalue weighted by atomic mass is 79.9. The van der Waals surface area contributed by atoms with Gasteiger partial charge in [-0.15, -0.1) is 0 Å². The van der Waals surface area contributed by atoms with E-state index in [4.69, 9.17) is 9.47 Å². The van der Waals surface area contributed by atoms with Crippen molar-refractivity contribution in [3.05, 3.63) is 64.1 Å². The van der Waals surface area contributed by atoms with Crippen LogP contribution in [0.5, 0.6) is 5.75 Å². The van der Waals surface area contributed by atoms with Crippen LogP contribution in [0.3, 0.4) is 0 Å². The van der Waals surface area contributed by atoms with Gasteiger partial charge < -0.3 is 14.4 Å². The summed E-state index contributed by atoms with van der Waals surface area (Å²) < 4.78 is 49.8. The molecular weight excluding hydrogens is 451 g/mol. The number of nitrogens with zero attached hydrogens (tertiary/aromatic N) is 1. The first-order valence-electron chi connectivity index (χ1n) is 9.28. The van der Waals surface area contributed by atoms with Gasteiger partial charge in [0.25, 0.3) is 0 Å². The fourth-order valence-electron chi connectivity index (χ4n) is 3.12. The van der Waals surface area contributed by atoms with Crippen LogP contribution in [-0.2, 0) is 17.5 Å². The summed E-state index contributed by atoms with van der Waals surface area (Å²) in [7, 11) is 0. The van der Waals surface area contributed by atoms with Gasteiger partial charge >= 0.3 is 12.3 Å².